The summed E-state index contributed by atoms with van der Waals surface area (Å²) in [5.41, 5.74) is 1.31. The van der Waals surface area contributed by atoms with Crippen molar-refractivity contribution in [3.63, 3.8) is 0 Å². The topological polar surface area (TPSA) is 78.3 Å². The molecule has 0 radical (unpaired) electrons. The van der Waals surface area contributed by atoms with Gasteiger partial charge in [0.25, 0.3) is 10.0 Å². The fourth-order valence-electron chi connectivity index (χ4n) is 1.62. The predicted octanol–water partition coefficient (Wildman–Crippen LogP) is 1.14. The van der Waals surface area contributed by atoms with Gasteiger partial charge < -0.3 is 4.74 Å². The van der Waals surface area contributed by atoms with Crippen molar-refractivity contribution in [2.45, 2.75) is 18.2 Å². The Morgan fingerprint density at radius 2 is 1.95 bits per heavy atom. The largest absolute Gasteiger partial charge is 0.469 e. The molecule has 0 aliphatic heterocycles. The van der Waals surface area contributed by atoms with Crippen LogP contribution in [-0.4, -0.2) is 30.5 Å². The van der Waals surface area contributed by atoms with Crippen molar-refractivity contribution in [1.82, 2.24) is 8.96 Å². The monoisotopic (exact) mass is 294 g/mol. The highest BCUT2D eigenvalue weighted by atomic mass is 32.2. The number of methoxy groups -OCH3 is 1. The van der Waals surface area contributed by atoms with Gasteiger partial charge in [0.1, 0.15) is 6.33 Å². The number of nitrogens with zero attached hydrogens (tertiary/aromatic N) is 2. The van der Waals surface area contributed by atoms with E-state index in [9.17, 15) is 13.2 Å². The molecular formula is C13H14N2O4S. The predicted molar refractivity (Wildman–Crippen MR) is 71.7 cm³/mol. The molecule has 1 aromatic carbocycles. The minimum atomic E-state index is -3.68. The quantitative estimate of drug-likeness (QED) is 0.790. The Hall–Kier alpha value is -2.15. The van der Waals surface area contributed by atoms with Crippen LogP contribution in [0.25, 0.3) is 0 Å². The zero-order valence-electron chi connectivity index (χ0n) is 11.1. The van der Waals surface area contributed by atoms with E-state index in [0.29, 0.717) is 5.69 Å². The molecule has 2 rings (SSSR count). The molecule has 2 aromatic rings. The van der Waals surface area contributed by atoms with Crippen LogP contribution in [0.4, 0.5) is 0 Å². The first-order valence-corrected chi connectivity index (χ1v) is 7.29. The van der Waals surface area contributed by atoms with Crippen molar-refractivity contribution < 1.29 is 17.9 Å². The van der Waals surface area contributed by atoms with Crippen molar-refractivity contribution in [1.29, 1.82) is 0 Å². The zero-order valence-corrected chi connectivity index (χ0v) is 11.9. The van der Waals surface area contributed by atoms with Crippen LogP contribution in [0.5, 0.6) is 0 Å². The van der Waals surface area contributed by atoms with Gasteiger partial charge in [-0.05, 0) is 19.1 Å². The molecule has 0 fully saturated rings. The Balaban J connectivity index is 2.31. The summed E-state index contributed by atoms with van der Waals surface area (Å²) in [7, 11) is -2.41. The number of aromatic nitrogens is 2. The standard InChI is InChI=1S/C13H14N2O4S/c1-10-3-5-12(6-4-10)20(17,18)15-8-11(14-9-15)7-13(16)19-2/h3-6,8-9H,7H2,1-2H3. The van der Waals surface area contributed by atoms with Crippen molar-refractivity contribution in [3.8, 4) is 0 Å². The van der Waals surface area contributed by atoms with Gasteiger partial charge in [-0.1, -0.05) is 17.7 Å². The van der Waals surface area contributed by atoms with Crippen molar-refractivity contribution in [2.75, 3.05) is 7.11 Å². The Morgan fingerprint density at radius 3 is 2.55 bits per heavy atom. The van der Waals surface area contributed by atoms with E-state index >= 15 is 0 Å². The lowest BCUT2D eigenvalue weighted by Crippen LogP contribution is -2.11. The zero-order chi connectivity index (χ0) is 14.8. The van der Waals surface area contributed by atoms with E-state index in [1.165, 1.54) is 31.8 Å². The summed E-state index contributed by atoms with van der Waals surface area (Å²) in [5.74, 6) is -0.469. The van der Waals surface area contributed by atoms with Gasteiger partial charge in [0, 0.05) is 6.20 Å². The van der Waals surface area contributed by atoms with E-state index in [1.807, 2.05) is 6.92 Å². The Bertz CT molecular complexity index is 717. The number of carbonyl (C=O) groups is 1. The summed E-state index contributed by atoms with van der Waals surface area (Å²) in [6, 6.07) is 6.51. The summed E-state index contributed by atoms with van der Waals surface area (Å²) in [6.07, 6.45) is 2.42. The Kier molecular flexibility index (Phi) is 3.89. The van der Waals surface area contributed by atoms with E-state index in [4.69, 9.17) is 0 Å². The first-order valence-electron chi connectivity index (χ1n) is 5.85. The fourth-order valence-corrected chi connectivity index (χ4v) is 2.77. The van der Waals surface area contributed by atoms with Gasteiger partial charge in [-0.15, -0.1) is 0 Å². The average Bonchev–Trinajstić information content (AvgIpc) is 2.88. The van der Waals surface area contributed by atoms with E-state index in [0.717, 1.165) is 9.54 Å². The molecule has 0 saturated carbocycles. The highest BCUT2D eigenvalue weighted by Crippen LogP contribution is 2.15. The van der Waals surface area contributed by atoms with Crippen LogP contribution in [0.15, 0.2) is 41.7 Å². The summed E-state index contributed by atoms with van der Waals surface area (Å²) < 4.78 is 30.1. The molecule has 0 N–H and O–H groups in total. The number of hydrogen-bond acceptors (Lipinski definition) is 5. The fraction of sp³-hybridized carbons (Fsp3) is 0.231. The molecule has 0 bridgehead atoms. The van der Waals surface area contributed by atoms with Crippen molar-refractivity contribution >= 4 is 16.0 Å². The van der Waals surface area contributed by atoms with E-state index in [-0.39, 0.29) is 11.3 Å². The molecule has 0 aliphatic rings. The number of rotatable bonds is 4. The third kappa shape index (κ3) is 2.88. The third-order valence-electron chi connectivity index (χ3n) is 2.76. The number of benzene rings is 1. The van der Waals surface area contributed by atoms with E-state index in [1.54, 1.807) is 12.1 Å². The number of hydrogen-bond donors (Lipinski definition) is 0. The summed E-state index contributed by atoms with van der Waals surface area (Å²) in [4.78, 5) is 15.2. The minimum Gasteiger partial charge on any atom is -0.469 e. The van der Waals surface area contributed by atoms with Crippen molar-refractivity contribution in [3.05, 3.63) is 48.0 Å². The Morgan fingerprint density at radius 1 is 1.30 bits per heavy atom. The highest BCUT2D eigenvalue weighted by Gasteiger charge is 2.18. The van der Waals surface area contributed by atoms with Crippen LogP contribution < -0.4 is 0 Å². The molecular weight excluding hydrogens is 280 g/mol. The molecule has 20 heavy (non-hydrogen) atoms. The van der Waals surface area contributed by atoms with Gasteiger partial charge in [-0.2, -0.15) is 0 Å². The maximum absolute atomic E-state index is 12.3. The molecule has 0 atom stereocenters. The molecule has 1 aromatic heterocycles. The molecule has 1 heterocycles. The molecule has 0 saturated heterocycles. The number of aryl methyl sites for hydroxylation is 1. The van der Waals surface area contributed by atoms with E-state index in [2.05, 4.69) is 9.72 Å². The molecule has 0 aliphatic carbocycles. The number of ether oxygens (including phenoxy) is 1. The van der Waals surface area contributed by atoms with Crippen LogP contribution in [0, 0.1) is 6.92 Å². The summed E-state index contributed by atoms with van der Waals surface area (Å²) in [5, 5.41) is 0. The summed E-state index contributed by atoms with van der Waals surface area (Å²) in [6.45, 7) is 1.88. The number of carbonyl (C=O) groups excluding carboxylic acids is 1. The van der Waals surface area contributed by atoms with Crippen LogP contribution in [0.3, 0.4) is 0 Å². The van der Waals surface area contributed by atoms with Gasteiger partial charge in [-0.3, -0.25) is 4.79 Å². The third-order valence-corrected chi connectivity index (χ3v) is 4.39. The maximum atomic E-state index is 12.3. The number of imidazole rings is 1. The van der Waals surface area contributed by atoms with Gasteiger partial charge in [0.15, 0.2) is 0 Å². The van der Waals surface area contributed by atoms with Gasteiger partial charge in [0.05, 0.1) is 24.1 Å². The normalized spacial score (nSPS) is 11.3. The minimum absolute atomic E-state index is 0.0626. The second kappa shape index (κ2) is 5.46. The van der Waals surface area contributed by atoms with Gasteiger partial charge in [0.2, 0.25) is 0 Å². The second-order valence-electron chi connectivity index (χ2n) is 4.27. The SMILES string of the molecule is COC(=O)Cc1cn(S(=O)(=O)c2ccc(C)cc2)cn1. The average molecular weight is 294 g/mol. The Labute approximate surface area is 117 Å². The molecule has 0 unspecified atom stereocenters. The highest BCUT2D eigenvalue weighted by molar-refractivity contribution is 7.90. The lowest BCUT2D eigenvalue weighted by molar-refractivity contribution is -0.139. The van der Waals surface area contributed by atoms with Crippen LogP contribution in [0.1, 0.15) is 11.3 Å². The molecule has 0 spiro atoms. The van der Waals surface area contributed by atoms with E-state index < -0.39 is 16.0 Å². The van der Waals surface area contributed by atoms with Crippen LogP contribution in [-0.2, 0) is 26.0 Å². The number of esters is 1. The van der Waals surface area contributed by atoms with Crippen LogP contribution in [0.2, 0.25) is 0 Å². The molecule has 7 heteroatoms. The smallest absolute Gasteiger partial charge is 0.311 e. The lowest BCUT2D eigenvalue weighted by Gasteiger charge is -2.04. The van der Waals surface area contributed by atoms with Crippen LogP contribution >= 0.6 is 0 Å². The molecule has 0 amide bonds. The summed E-state index contributed by atoms with van der Waals surface area (Å²) >= 11 is 0. The molecule has 6 nitrogen and oxygen atoms in total. The second-order valence-corrected chi connectivity index (χ2v) is 6.11. The van der Waals surface area contributed by atoms with Gasteiger partial charge >= 0.3 is 5.97 Å². The first-order chi connectivity index (χ1) is 9.43. The molecule has 106 valence electrons. The lowest BCUT2D eigenvalue weighted by atomic mass is 10.2. The van der Waals surface area contributed by atoms with Gasteiger partial charge in [-0.25, -0.2) is 17.4 Å². The maximum Gasteiger partial charge on any atom is 0.311 e. The first kappa shape index (κ1) is 14.3. The van der Waals surface area contributed by atoms with Crippen molar-refractivity contribution in [2.24, 2.45) is 0 Å².